The van der Waals surface area contributed by atoms with Gasteiger partial charge in [0, 0.05) is 6.61 Å². The fourth-order valence-electron chi connectivity index (χ4n) is 1.35. The van der Waals surface area contributed by atoms with Crippen LogP contribution in [0.25, 0.3) is 0 Å². The van der Waals surface area contributed by atoms with Crippen molar-refractivity contribution in [3.63, 3.8) is 0 Å². The second kappa shape index (κ2) is 6.10. The molecule has 0 saturated carbocycles. The van der Waals surface area contributed by atoms with Crippen molar-refractivity contribution in [3.8, 4) is 0 Å². The van der Waals surface area contributed by atoms with Gasteiger partial charge < -0.3 is 19.0 Å². The second-order valence-electron chi connectivity index (χ2n) is 4.77. The van der Waals surface area contributed by atoms with Crippen LogP contribution in [0.1, 0.15) is 13.8 Å². The van der Waals surface area contributed by atoms with E-state index in [0.717, 1.165) is 0 Å². The SMILES string of the molecule is CCOC(C)C(C[N+](C)(C)C)OP(=O)(O)O. The lowest BCUT2D eigenvalue weighted by molar-refractivity contribution is -0.873. The van der Waals surface area contributed by atoms with Crippen LogP contribution in [-0.2, 0) is 13.8 Å². The van der Waals surface area contributed by atoms with E-state index in [0.29, 0.717) is 17.6 Å². The van der Waals surface area contributed by atoms with Crippen LogP contribution in [-0.4, -0.2) is 60.8 Å². The van der Waals surface area contributed by atoms with Crippen LogP contribution in [0, 0.1) is 0 Å². The Hall–Kier alpha value is 0.0300. The highest BCUT2D eigenvalue weighted by Crippen LogP contribution is 2.38. The van der Waals surface area contributed by atoms with Crippen molar-refractivity contribution in [2.24, 2.45) is 0 Å². The summed E-state index contributed by atoms with van der Waals surface area (Å²) in [5.74, 6) is 0. The zero-order valence-electron chi connectivity index (χ0n) is 10.6. The lowest BCUT2D eigenvalue weighted by Crippen LogP contribution is -2.46. The summed E-state index contributed by atoms with van der Waals surface area (Å²) in [5.41, 5.74) is 0. The molecule has 0 saturated heterocycles. The molecule has 0 aromatic heterocycles. The number of phosphoric ester groups is 1. The maximum absolute atomic E-state index is 10.8. The molecule has 16 heavy (non-hydrogen) atoms. The van der Waals surface area contributed by atoms with E-state index >= 15 is 0 Å². The van der Waals surface area contributed by atoms with Crippen molar-refractivity contribution in [1.29, 1.82) is 0 Å². The van der Waals surface area contributed by atoms with Gasteiger partial charge in [0.2, 0.25) is 0 Å². The zero-order chi connectivity index (χ0) is 13.0. The molecule has 0 radical (unpaired) electrons. The number of phosphoric acid groups is 1. The molecule has 98 valence electrons. The minimum absolute atomic E-state index is 0.352. The molecule has 0 heterocycles. The van der Waals surface area contributed by atoms with Crippen LogP contribution in [0.5, 0.6) is 0 Å². The standard InChI is InChI=1S/C9H22NO5P/c1-6-14-8(2)9(7-10(3,4)5)15-16(11,12)13/h8-9H,6-7H2,1-5H3,(H-,11,12,13)/p+1. The summed E-state index contributed by atoms with van der Waals surface area (Å²) in [5, 5.41) is 0. The predicted octanol–water partition coefficient (Wildman–Crippen LogP) is 0.596. The maximum Gasteiger partial charge on any atom is 0.470 e. The molecule has 2 N–H and O–H groups in total. The molecule has 0 aliphatic rings. The molecule has 7 heteroatoms. The summed E-state index contributed by atoms with van der Waals surface area (Å²) >= 11 is 0. The largest absolute Gasteiger partial charge is 0.470 e. The molecule has 2 atom stereocenters. The van der Waals surface area contributed by atoms with Gasteiger partial charge in [-0.15, -0.1) is 0 Å². The number of ether oxygens (including phenoxy) is 1. The van der Waals surface area contributed by atoms with Gasteiger partial charge in [0.15, 0.2) is 0 Å². The highest BCUT2D eigenvalue weighted by atomic mass is 31.2. The van der Waals surface area contributed by atoms with Gasteiger partial charge in [0.25, 0.3) is 0 Å². The number of nitrogens with zero attached hydrogens (tertiary/aromatic N) is 1. The highest BCUT2D eigenvalue weighted by molar-refractivity contribution is 7.46. The monoisotopic (exact) mass is 256 g/mol. The van der Waals surface area contributed by atoms with Crippen LogP contribution in [0.2, 0.25) is 0 Å². The molecular weight excluding hydrogens is 233 g/mol. The molecule has 0 aliphatic heterocycles. The van der Waals surface area contributed by atoms with E-state index in [1.807, 2.05) is 28.1 Å². The van der Waals surface area contributed by atoms with Gasteiger partial charge in [0.05, 0.1) is 27.2 Å². The van der Waals surface area contributed by atoms with E-state index < -0.39 is 13.9 Å². The number of rotatable bonds is 7. The number of likely N-dealkylation sites (N-methyl/N-ethyl adjacent to an activating group) is 1. The average molecular weight is 256 g/mol. The molecule has 0 aromatic rings. The third kappa shape index (κ3) is 8.21. The Labute approximate surface area is 97.0 Å². The first-order chi connectivity index (χ1) is 7.05. The fourth-order valence-corrected chi connectivity index (χ4v) is 1.94. The Kier molecular flexibility index (Phi) is 6.11. The van der Waals surface area contributed by atoms with Crippen LogP contribution in [0.3, 0.4) is 0 Å². The van der Waals surface area contributed by atoms with E-state index in [-0.39, 0.29) is 6.10 Å². The lowest BCUT2D eigenvalue weighted by atomic mass is 10.2. The minimum atomic E-state index is -4.48. The molecule has 0 fully saturated rings. The molecule has 6 nitrogen and oxygen atoms in total. The Morgan fingerprint density at radius 2 is 1.81 bits per heavy atom. The van der Waals surface area contributed by atoms with Crippen molar-refractivity contribution < 1.29 is 28.1 Å². The van der Waals surface area contributed by atoms with E-state index in [9.17, 15) is 4.57 Å². The van der Waals surface area contributed by atoms with E-state index in [1.54, 1.807) is 6.92 Å². The smallest absolute Gasteiger partial charge is 0.376 e. The highest BCUT2D eigenvalue weighted by Gasteiger charge is 2.31. The zero-order valence-corrected chi connectivity index (χ0v) is 11.5. The summed E-state index contributed by atoms with van der Waals surface area (Å²) in [7, 11) is 1.30. The quantitative estimate of drug-likeness (QED) is 0.515. The Balaban J connectivity index is 4.57. The predicted molar refractivity (Wildman–Crippen MR) is 60.9 cm³/mol. The van der Waals surface area contributed by atoms with Crippen molar-refractivity contribution in [1.82, 2.24) is 0 Å². The normalized spacial score (nSPS) is 17.2. The molecule has 0 spiro atoms. The third-order valence-electron chi connectivity index (χ3n) is 1.95. The van der Waals surface area contributed by atoms with E-state index in [1.165, 1.54) is 0 Å². The molecule has 0 rings (SSSR count). The second-order valence-corrected chi connectivity index (χ2v) is 5.96. The molecule has 0 bridgehead atoms. The van der Waals surface area contributed by atoms with Crippen LogP contribution < -0.4 is 0 Å². The summed E-state index contributed by atoms with van der Waals surface area (Å²) in [6, 6.07) is 0. The number of hydrogen-bond acceptors (Lipinski definition) is 3. The summed E-state index contributed by atoms with van der Waals surface area (Å²) < 4.78 is 21.5. The molecule has 2 unspecified atom stereocenters. The first-order valence-electron chi connectivity index (χ1n) is 5.21. The van der Waals surface area contributed by atoms with Gasteiger partial charge in [-0.2, -0.15) is 0 Å². The number of quaternary nitrogens is 1. The number of hydrogen-bond donors (Lipinski definition) is 2. The van der Waals surface area contributed by atoms with Crippen molar-refractivity contribution in [2.75, 3.05) is 34.3 Å². The van der Waals surface area contributed by atoms with Crippen LogP contribution >= 0.6 is 7.82 Å². The van der Waals surface area contributed by atoms with E-state index in [2.05, 4.69) is 0 Å². The Morgan fingerprint density at radius 3 is 2.12 bits per heavy atom. The summed E-state index contributed by atoms with van der Waals surface area (Å²) in [6.07, 6.45) is -0.976. The summed E-state index contributed by atoms with van der Waals surface area (Å²) in [6.45, 7) is 4.53. The van der Waals surface area contributed by atoms with Crippen LogP contribution in [0.4, 0.5) is 0 Å². The van der Waals surface area contributed by atoms with Gasteiger partial charge in [0.1, 0.15) is 12.6 Å². The molecular formula is C9H23NO5P+. The van der Waals surface area contributed by atoms with Crippen LogP contribution in [0.15, 0.2) is 0 Å². The van der Waals surface area contributed by atoms with Crippen molar-refractivity contribution in [2.45, 2.75) is 26.1 Å². The lowest BCUT2D eigenvalue weighted by Gasteiger charge is -2.31. The average Bonchev–Trinajstić information content (AvgIpc) is 1.97. The summed E-state index contributed by atoms with van der Waals surface area (Å²) in [4.78, 5) is 17.7. The molecule has 0 aromatic carbocycles. The Bertz CT molecular complexity index is 247. The first kappa shape index (κ1) is 16.0. The van der Waals surface area contributed by atoms with Gasteiger partial charge >= 0.3 is 7.82 Å². The fraction of sp³-hybridized carbons (Fsp3) is 1.00. The van der Waals surface area contributed by atoms with Crippen molar-refractivity contribution in [3.05, 3.63) is 0 Å². The minimum Gasteiger partial charge on any atom is -0.376 e. The van der Waals surface area contributed by atoms with Gasteiger partial charge in [-0.1, -0.05) is 0 Å². The first-order valence-corrected chi connectivity index (χ1v) is 6.74. The third-order valence-corrected chi connectivity index (χ3v) is 2.50. The van der Waals surface area contributed by atoms with Gasteiger partial charge in [-0.05, 0) is 13.8 Å². The molecule has 0 aliphatic carbocycles. The topological polar surface area (TPSA) is 76.0 Å². The molecule has 0 amide bonds. The Morgan fingerprint density at radius 1 is 1.31 bits per heavy atom. The maximum atomic E-state index is 10.8. The van der Waals surface area contributed by atoms with Gasteiger partial charge in [-0.3, -0.25) is 4.52 Å². The van der Waals surface area contributed by atoms with Crippen molar-refractivity contribution >= 4 is 7.82 Å². The van der Waals surface area contributed by atoms with Gasteiger partial charge in [-0.25, -0.2) is 4.57 Å². The van der Waals surface area contributed by atoms with E-state index in [4.69, 9.17) is 19.0 Å².